The van der Waals surface area contributed by atoms with Gasteiger partial charge in [0.25, 0.3) is 5.91 Å². The molecule has 7 nitrogen and oxygen atoms in total. The minimum atomic E-state index is -0.584. The number of rotatable bonds is 6. The summed E-state index contributed by atoms with van der Waals surface area (Å²) < 4.78 is 10.9. The number of ether oxygens (including phenoxy) is 2. The van der Waals surface area contributed by atoms with E-state index in [1.54, 1.807) is 37.3 Å². The molecule has 160 valence electrons. The zero-order valence-electron chi connectivity index (χ0n) is 17.6. The lowest BCUT2D eigenvalue weighted by Gasteiger charge is -2.33. The van der Waals surface area contributed by atoms with E-state index in [1.165, 1.54) is 6.42 Å². The van der Waals surface area contributed by atoms with E-state index in [0.29, 0.717) is 30.2 Å². The third-order valence-corrected chi connectivity index (χ3v) is 6.32. The molecule has 1 aromatic carbocycles. The second kappa shape index (κ2) is 8.42. The number of hydrogen-bond acceptors (Lipinski definition) is 4. The molecule has 1 aromatic rings. The van der Waals surface area contributed by atoms with Crippen molar-refractivity contribution in [2.24, 2.45) is 0 Å². The van der Waals surface area contributed by atoms with Gasteiger partial charge in [0, 0.05) is 18.2 Å². The second-order valence-electron chi connectivity index (χ2n) is 7.97. The van der Waals surface area contributed by atoms with Crippen molar-refractivity contribution in [3.05, 3.63) is 47.7 Å². The van der Waals surface area contributed by atoms with Crippen molar-refractivity contribution in [3.8, 4) is 11.5 Å². The monoisotopic (exact) mass is 411 g/mol. The number of nitrogens with zero attached hydrogens (tertiary/aromatic N) is 2. The highest BCUT2D eigenvalue weighted by atomic mass is 16.5. The molecule has 3 amide bonds. The highest BCUT2D eigenvalue weighted by Crippen LogP contribution is 2.42. The van der Waals surface area contributed by atoms with Crippen LogP contribution < -0.4 is 14.8 Å². The zero-order valence-corrected chi connectivity index (χ0v) is 17.6. The van der Waals surface area contributed by atoms with Crippen molar-refractivity contribution in [1.82, 2.24) is 15.1 Å². The Kier molecular flexibility index (Phi) is 5.70. The quantitative estimate of drug-likeness (QED) is 0.729. The molecule has 1 fully saturated rings. The molecular weight excluding hydrogens is 382 g/mol. The minimum absolute atomic E-state index is 0.000773. The van der Waals surface area contributed by atoms with Gasteiger partial charge in [-0.05, 0) is 31.0 Å². The SMILES string of the molecule is C=CCN1C(=O)N[C@@H](c2cc(OC)ccc2OC)C2=C1CN(C1CCCCC1)C2=O. The van der Waals surface area contributed by atoms with Crippen molar-refractivity contribution in [2.45, 2.75) is 44.2 Å². The van der Waals surface area contributed by atoms with Crippen LogP contribution in [0.25, 0.3) is 0 Å². The van der Waals surface area contributed by atoms with E-state index in [2.05, 4.69) is 11.9 Å². The fourth-order valence-corrected chi connectivity index (χ4v) is 4.82. The predicted molar refractivity (Wildman–Crippen MR) is 113 cm³/mol. The van der Waals surface area contributed by atoms with Gasteiger partial charge in [0.15, 0.2) is 0 Å². The number of nitrogens with one attached hydrogen (secondary N) is 1. The van der Waals surface area contributed by atoms with E-state index in [1.807, 2.05) is 11.0 Å². The number of benzene rings is 1. The Morgan fingerprint density at radius 1 is 1.17 bits per heavy atom. The van der Waals surface area contributed by atoms with Crippen LogP contribution in [0.4, 0.5) is 4.79 Å². The average molecular weight is 412 g/mol. The first-order valence-corrected chi connectivity index (χ1v) is 10.5. The van der Waals surface area contributed by atoms with Gasteiger partial charge in [0.05, 0.1) is 38.1 Å². The van der Waals surface area contributed by atoms with Crippen LogP contribution in [0, 0.1) is 0 Å². The number of urea groups is 1. The Labute approximate surface area is 177 Å². The summed E-state index contributed by atoms with van der Waals surface area (Å²) in [4.78, 5) is 30.2. The maximum absolute atomic E-state index is 13.6. The standard InChI is InChI=1S/C23H29N3O4/c1-4-12-25-18-14-26(15-8-6-5-7-9-15)22(27)20(18)21(24-23(25)28)17-13-16(29-2)10-11-19(17)30-3/h4,10-11,13,15,21H,1,5-9,12,14H2,2-3H3,(H,24,28)/t21-/m0/s1. The minimum Gasteiger partial charge on any atom is -0.497 e. The number of hydrogen-bond donors (Lipinski definition) is 1. The summed E-state index contributed by atoms with van der Waals surface area (Å²) in [6.45, 7) is 4.60. The van der Waals surface area contributed by atoms with Crippen molar-refractivity contribution in [3.63, 3.8) is 0 Å². The maximum Gasteiger partial charge on any atom is 0.322 e. The summed E-state index contributed by atoms with van der Waals surface area (Å²) in [5.41, 5.74) is 2.10. The van der Waals surface area contributed by atoms with Crippen LogP contribution in [0.3, 0.4) is 0 Å². The summed E-state index contributed by atoms with van der Waals surface area (Å²) >= 11 is 0. The van der Waals surface area contributed by atoms with Gasteiger partial charge in [-0.2, -0.15) is 0 Å². The summed E-state index contributed by atoms with van der Waals surface area (Å²) in [5.74, 6) is 1.25. The van der Waals surface area contributed by atoms with E-state index in [4.69, 9.17) is 9.47 Å². The van der Waals surface area contributed by atoms with Crippen molar-refractivity contribution in [2.75, 3.05) is 27.3 Å². The molecule has 30 heavy (non-hydrogen) atoms. The lowest BCUT2D eigenvalue weighted by molar-refractivity contribution is -0.128. The summed E-state index contributed by atoms with van der Waals surface area (Å²) in [6.07, 6.45) is 7.21. The Morgan fingerprint density at radius 3 is 2.60 bits per heavy atom. The molecule has 2 heterocycles. The molecule has 0 saturated heterocycles. The van der Waals surface area contributed by atoms with Crippen LogP contribution in [-0.4, -0.2) is 55.1 Å². The summed E-state index contributed by atoms with van der Waals surface area (Å²) in [7, 11) is 3.17. The van der Waals surface area contributed by atoms with Crippen molar-refractivity contribution in [1.29, 1.82) is 0 Å². The van der Waals surface area contributed by atoms with Crippen LogP contribution in [0.2, 0.25) is 0 Å². The van der Waals surface area contributed by atoms with E-state index < -0.39 is 6.04 Å². The molecule has 1 saturated carbocycles. The van der Waals surface area contributed by atoms with Gasteiger partial charge in [-0.25, -0.2) is 4.79 Å². The van der Waals surface area contributed by atoms with Crippen LogP contribution in [0.15, 0.2) is 42.1 Å². The topological polar surface area (TPSA) is 71.1 Å². The Bertz CT molecular complexity index is 888. The maximum atomic E-state index is 13.6. The molecule has 0 aromatic heterocycles. The molecule has 0 radical (unpaired) electrons. The van der Waals surface area contributed by atoms with E-state index in [0.717, 1.165) is 36.9 Å². The van der Waals surface area contributed by atoms with E-state index >= 15 is 0 Å². The third-order valence-electron chi connectivity index (χ3n) is 6.32. The number of carbonyl (C=O) groups is 2. The largest absolute Gasteiger partial charge is 0.497 e. The molecule has 0 bridgehead atoms. The van der Waals surface area contributed by atoms with Crippen molar-refractivity contribution < 1.29 is 19.1 Å². The lowest BCUT2D eigenvalue weighted by atomic mass is 9.93. The smallest absolute Gasteiger partial charge is 0.322 e. The van der Waals surface area contributed by atoms with Gasteiger partial charge >= 0.3 is 6.03 Å². The second-order valence-corrected chi connectivity index (χ2v) is 7.97. The Hall–Kier alpha value is -2.96. The van der Waals surface area contributed by atoms with Gasteiger partial charge < -0.3 is 19.7 Å². The molecular formula is C23H29N3O4. The zero-order chi connectivity index (χ0) is 21.3. The first-order chi connectivity index (χ1) is 14.6. The molecule has 7 heteroatoms. The van der Waals surface area contributed by atoms with Gasteiger partial charge in [0.1, 0.15) is 11.5 Å². The third kappa shape index (κ3) is 3.42. The Balaban J connectivity index is 1.78. The fourth-order valence-electron chi connectivity index (χ4n) is 4.82. The Morgan fingerprint density at radius 2 is 1.93 bits per heavy atom. The van der Waals surface area contributed by atoms with Crippen LogP contribution in [0.1, 0.15) is 43.7 Å². The van der Waals surface area contributed by atoms with Gasteiger partial charge in [-0.1, -0.05) is 25.3 Å². The average Bonchev–Trinajstić information content (AvgIpc) is 3.12. The molecule has 3 aliphatic rings. The molecule has 1 aliphatic carbocycles. The van der Waals surface area contributed by atoms with E-state index in [-0.39, 0.29) is 18.0 Å². The lowest BCUT2D eigenvalue weighted by Crippen LogP contribution is -2.47. The number of amides is 3. The molecule has 1 N–H and O–H groups in total. The number of methoxy groups -OCH3 is 2. The molecule has 0 spiro atoms. The van der Waals surface area contributed by atoms with Gasteiger partial charge in [0.2, 0.25) is 0 Å². The van der Waals surface area contributed by atoms with Crippen LogP contribution >= 0.6 is 0 Å². The van der Waals surface area contributed by atoms with Crippen LogP contribution in [0.5, 0.6) is 11.5 Å². The van der Waals surface area contributed by atoms with Gasteiger partial charge in [-0.3, -0.25) is 9.69 Å². The molecule has 0 unspecified atom stereocenters. The van der Waals surface area contributed by atoms with Crippen LogP contribution in [-0.2, 0) is 4.79 Å². The molecule has 2 aliphatic heterocycles. The summed E-state index contributed by atoms with van der Waals surface area (Å²) in [5, 5.41) is 3.02. The van der Waals surface area contributed by atoms with E-state index in [9.17, 15) is 9.59 Å². The fraction of sp³-hybridized carbons (Fsp3) is 0.478. The van der Waals surface area contributed by atoms with Crippen molar-refractivity contribution >= 4 is 11.9 Å². The first-order valence-electron chi connectivity index (χ1n) is 10.5. The molecule has 4 rings (SSSR count). The predicted octanol–water partition coefficient (Wildman–Crippen LogP) is 3.39. The number of carbonyl (C=O) groups excluding carboxylic acids is 2. The molecule has 1 atom stereocenters. The normalized spacial score (nSPS) is 22.1. The highest BCUT2D eigenvalue weighted by molar-refractivity contribution is 6.01. The first kappa shape index (κ1) is 20.3. The summed E-state index contributed by atoms with van der Waals surface area (Å²) in [6, 6.07) is 4.84. The highest BCUT2D eigenvalue weighted by Gasteiger charge is 2.46. The van der Waals surface area contributed by atoms with Gasteiger partial charge in [-0.15, -0.1) is 6.58 Å².